The molecule has 1 saturated heterocycles. The minimum absolute atomic E-state index is 0.141. The van der Waals surface area contributed by atoms with Crippen molar-refractivity contribution in [3.63, 3.8) is 0 Å². The molecule has 0 unspecified atom stereocenters. The van der Waals surface area contributed by atoms with Gasteiger partial charge < -0.3 is 9.80 Å². The highest BCUT2D eigenvalue weighted by Gasteiger charge is 2.33. The summed E-state index contributed by atoms with van der Waals surface area (Å²) < 4.78 is 38.1. The topological polar surface area (TPSA) is 32.3 Å². The van der Waals surface area contributed by atoms with E-state index >= 15 is 0 Å². The van der Waals surface area contributed by atoms with Crippen molar-refractivity contribution >= 4 is 11.6 Å². The summed E-state index contributed by atoms with van der Waals surface area (Å²) >= 11 is 0. The van der Waals surface area contributed by atoms with E-state index in [1.54, 1.807) is 4.90 Å². The zero-order valence-corrected chi connectivity index (χ0v) is 11.8. The highest BCUT2D eigenvalue weighted by molar-refractivity contribution is 5.48. The highest BCUT2D eigenvalue weighted by Crippen LogP contribution is 2.28. The van der Waals surface area contributed by atoms with E-state index in [0.29, 0.717) is 13.1 Å². The lowest BCUT2D eigenvalue weighted by Gasteiger charge is -2.36. The SMILES string of the molecule is FC(F)(F)c1ccnc(N2CCN(c3ccccc3)CC2)n1. The van der Waals surface area contributed by atoms with Gasteiger partial charge in [-0.05, 0) is 18.2 Å². The number of aromatic nitrogens is 2. The maximum absolute atomic E-state index is 12.7. The largest absolute Gasteiger partial charge is 0.433 e. The molecule has 0 saturated carbocycles. The number of hydrogen-bond acceptors (Lipinski definition) is 4. The predicted octanol–water partition coefficient (Wildman–Crippen LogP) is 2.82. The lowest BCUT2D eigenvalue weighted by atomic mass is 10.2. The van der Waals surface area contributed by atoms with E-state index in [-0.39, 0.29) is 5.95 Å². The Hall–Kier alpha value is -2.31. The van der Waals surface area contributed by atoms with E-state index in [0.717, 1.165) is 31.0 Å². The monoisotopic (exact) mass is 308 g/mol. The number of piperazine rings is 1. The van der Waals surface area contributed by atoms with Crippen molar-refractivity contribution in [3.05, 3.63) is 48.3 Å². The van der Waals surface area contributed by atoms with Crippen LogP contribution in [0.15, 0.2) is 42.6 Å². The molecular weight excluding hydrogens is 293 g/mol. The van der Waals surface area contributed by atoms with Gasteiger partial charge in [-0.25, -0.2) is 9.97 Å². The van der Waals surface area contributed by atoms with E-state index in [1.807, 2.05) is 30.3 Å². The molecule has 0 bridgehead atoms. The van der Waals surface area contributed by atoms with Gasteiger partial charge in [-0.15, -0.1) is 0 Å². The summed E-state index contributed by atoms with van der Waals surface area (Å²) in [6.45, 7) is 2.64. The maximum atomic E-state index is 12.7. The number of nitrogens with zero attached hydrogens (tertiary/aromatic N) is 4. The van der Waals surface area contributed by atoms with Gasteiger partial charge in [0.05, 0.1) is 0 Å². The highest BCUT2D eigenvalue weighted by atomic mass is 19.4. The standard InChI is InChI=1S/C15H15F3N4/c16-15(17,18)13-6-7-19-14(20-13)22-10-8-21(9-11-22)12-4-2-1-3-5-12/h1-7H,8-11H2. The minimum atomic E-state index is -4.44. The Bertz CT molecular complexity index is 622. The number of rotatable bonds is 2. The van der Waals surface area contributed by atoms with Gasteiger partial charge in [0, 0.05) is 38.1 Å². The Kier molecular flexibility index (Phi) is 3.87. The van der Waals surface area contributed by atoms with Crippen molar-refractivity contribution in [2.45, 2.75) is 6.18 Å². The Morgan fingerprint density at radius 2 is 1.50 bits per heavy atom. The number of hydrogen-bond donors (Lipinski definition) is 0. The van der Waals surface area contributed by atoms with Crippen molar-refractivity contribution in [2.24, 2.45) is 0 Å². The van der Waals surface area contributed by atoms with Gasteiger partial charge in [-0.1, -0.05) is 18.2 Å². The molecule has 0 amide bonds. The van der Waals surface area contributed by atoms with Crippen molar-refractivity contribution in [1.29, 1.82) is 0 Å². The van der Waals surface area contributed by atoms with Gasteiger partial charge in [-0.3, -0.25) is 0 Å². The van der Waals surface area contributed by atoms with Crippen molar-refractivity contribution < 1.29 is 13.2 Å². The van der Waals surface area contributed by atoms with E-state index in [2.05, 4.69) is 14.9 Å². The van der Waals surface area contributed by atoms with Crippen LogP contribution in [0.3, 0.4) is 0 Å². The Morgan fingerprint density at radius 3 is 2.14 bits per heavy atom. The summed E-state index contributed by atoms with van der Waals surface area (Å²) in [5, 5.41) is 0. The molecule has 0 N–H and O–H groups in total. The molecule has 2 aromatic rings. The molecule has 1 aromatic carbocycles. The van der Waals surface area contributed by atoms with Gasteiger partial charge in [0.25, 0.3) is 0 Å². The predicted molar refractivity (Wildman–Crippen MR) is 77.9 cm³/mol. The van der Waals surface area contributed by atoms with Crippen molar-refractivity contribution in [2.75, 3.05) is 36.0 Å². The average molecular weight is 308 g/mol. The molecule has 1 fully saturated rings. The third kappa shape index (κ3) is 3.13. The van der Waals surface area contributed by atoms with Gasteiger partial charge in [0.2, 0.25) is 5.95 Å². The summed E-state index contributed by atoms with van der Waals surface area (Å²) in [6, 6.07) is 10.8. The normalized spacial score (nSPS) is 16.0. The summed E-state index contributed by atoms with van der Waals surface area (Å²) in [4.78, 5) is 11.6. The molecule has 0 radical (unpaired) electrons. The minimum Gasteiger partial charge on any atom is -0.368 e. The molecule has 1 aliphatic heterocycles. The summed E-state index contributed by atoms with van der Waals surface area (Å²) in [5.41, 5.74) is 0.218. The fourth-order valence-corrected chi connectivity index (χ4v) is 2.46. The zero-order valence-electron chi connectivity index (χ0n) is 11.8. The molecule has 2 heterocycles. The lowest BCUT2D eigenvalue weighted by Crippen LogP contribution is -2.47. The smallest absolute Gasteiger partial charge is 0.368 e. The van der Waals surface area contributed by atoms with Crippen LogP contribution in [-0.2, 0) is 6.18 Å². The number of para-hydroxylation sites is 1. The van der Waals surface area contributed by atoms with E-state index in [1.165, 1.54) is 0 Å². The first kappa shape index (κ1) is 14.6. The molecule has 7 heteroatoms. The van der Waals surface area contributed by atoms with Crippen LogP contribution < -0.4 is 9.80 Å². The Labute approximate surface area is 126 Å². The third-order valence-corrected chi connectivity index (χ3v) is 3.62. The molecule has 0 aliphatic carbocycles. The van der Waals surface area contributed by atoms with Gasteiger partial charge in [-0.2, -0.15) is 13.2 Å². The van der Waals surface area contributed by atoms with E-state index < -0.39 is 11.9 Å². The Morgan fingerprint density at radius 1 is 0.864 bits per heavy atom. The summed E-state index contributed by atoms with van der Waals surface area (Å²) in [7, 11) is 0. The number of halogens is 3. The molecule has 0 atom stereocenters. The number of alkyl halides is 3. The molecule has 4 nitrogen and oxygen atoms in total. The lowest BCUT2D eigenvalue weighted by molar-refractivity contribution is -0.141. The first-order chi connectivity index (χ1) is 10.5. The maximum Gasteiger partial charge on any atom is 0.433 e. The van der Waals surface area contributed by atoms with Crippen LogP contribution in [0, 0.1) is 0 Å². The van der Waals surface area contributed by atoms with Crippen LogP contribution in [0.4, 0.5) is 24.8 Å². The second-order valence-electron chi connectivity index (χ2n) is 5.05. The van der Waals surface area contributed by atoms with Gasteiger partial charge in [0.1, 0.15) is 5.69 Å². The number of anilines is 2. The van der Waals surface area contributed by atoms with Crippen LogP contribution in [0.2, 0.25) is 0 Å². The fraction of sp³-hybridized carbons (Fsp3) is 0.333. The average Bonchev–Trinajstić information content (AvgIpc) is 2.55. The fourth-order valence-electron chi connectivity index (χ4n) is 2.46. The molecule has 0 spiro atoms. The second kappa shape index (κ2) is 5.82. The number of benzene rings is 1. The summed E-state index contributed by atoms with van der Waals surface area (Å²) in [6.07, 6.45) is -3.28. The molecule has 1 aliphatic rings. The first-order valence-corrected chi connectivity index (χ1v) is 6.99. The molecule has 1 aromatic heterocycles. The van der Waals surface area contributed by atoms with Crippen LogP contribution in [0.5, 0.6) is 0 Å². The second-order valence-corrected chi connectivity index (χ2v) is 5.05. The molecule has 116 valence electrons. The van der Waals surface area contributed by atoms with E-state index in [9.17, 15) is 13.2 Å². The van der Waals surface area contributed by atoms with Crippen LogP contribution in [0.25, 0.3) is 0 Å². The van der Waals surface area contributed by atoms with Crippen molar-refractivity contribution in [1.82, 2.24) is 9.97 Å². The first-order valence-electron chi connectivity index (χ1n) is 6.99. The molecule has 3 rings (SSSR count). The van der Waals surface area contributed by atoms with Gasteiger partial charge >= 0.3 is 6.18 Å². The molecule has 22 heavy (non-hydrogen) atoms. The third-order valence-electron chi connectivity index (χ3n) is 3.62. The Balaban J connectivity index is 1.69. The zero-order chi connectivity index (χ0) is 15.6. The van der Waals surface area contributed by atoms with E-state index in [4.69, 9.17) is 0 Å². The van der Waals surface area contributed by atoms with Crippen molar-refractivity contribution in [3.8, 4) is 0 Å². The summed E-state index contributed by atoms with van der Waals surface area (Å²) in [5.74, 6) is 0.141. The quantitative estimate of drug-likeness (QED) is 0.854. The van der Waals surface area contributed by atoms with Crippen LogP contribution in [-0.4, -0.2) is 36.1 Å². The van der Waals surface area contributed by atoms with Gasteiger partial charge in [0.15, 0.2) is 0 Å². The van der Waals surface area contributed by atoms with Crippen LogP contribution in [0.1, 0.15) is 5.69 Å². The van der Waals surface area contributed by atoms with Crippen LogP contribution >= 0.6 is 0 Å². The molecular formula is C15H15F3N4.